The van der Waals surface area contributed by atoms with E-state index in [-0.39, 0.29) is 71.7 Å². The van der Waals surface area contributed by atoms with Crippen molar-refractivity contribution in [3.8, 4) is 12.1 Å². The summed E-state index contributed by atoms with van der Waals surface area (Å²) >= 11 is 0. The van der Waals surface area contributed by atoms with E-state index in [0.29, 0.717) is 0 Å². The number of anilines is 1. The van der Waals surface area contributed by atoms with Crippen LogP contribution in [0, 0.1) is 40.4 Å². The van der Waals surface area contributed by atoms with E-state index in [2.05, 4.69) is 40.6 Å². The van der Waals surface area contributed by atoms with Crippen LogP contribution in [0.2, 0.25) is 18.1 Å². The number of nitrogens with one attached hydrogen (secondary N) is 5. The summed E-state index contributed by atoms with van der Waals surface area (Å²) in [6.07, 6.45) is -3.43. The first kappa shape index (κ1) is 67.1. The molecule has 29 heteroatoms. The third-order valence-corrected chi connectivity index (χ3v) is 23.3. The molecule has 90 heavy (non-hydrogen) atoms. The molecule has 3 aromatic carbocycles. The number of H-pyrrole nitrogens is 2. The molecular formula is C61H76N13O13P2Si+. The minimum absolute atomic E-state index is 0.00975. The second-order valence-electron chi connectivity index (χ2n) is 24.3. The number of fused-ring (bicyclic) bond motifs is 2. The fourth-order valence-electron chi connectivity index (χ4n) is 10.6. The highest BCUT2D eigenvalue weighted by atomic mass is 31.2. The Morgan fingerprint density at radius 1 is 0.744 bits per heavy atom. The van der Waals surface area contributed by atoms with E-state index in [0.717, 1.165) is 16.7 Å². The summed E-state index contributed by atoms with van der Waals surface area (Å²) < 4.78 is 78.0. The van der Waals surface area contributed by atoms with Crippen molar-refractivity contribution in [3.63, 3.8) is 0 Å². The number of ether oxygens (including phenoxy) is 2. The number of rotatable bonds is 28. The Kier molecular flexibility index (Phi) is 21.2. The van der Waals surface area contributed by atoms with E-state index < -0.39 is 126 Å². The molecular weight excluding hydrogens is 1210 g/mol. The zero-order chi connectivity index (χ0) is 64.7. The molecule has 6 heterocycles. The van der Waals surface area contributed by atoms with Gasteiger partial charge in [0.15, 0.2) is 36.9 Å². The zero-order valence-corrected chi connectivity index (χ0v) is 54.6. The molecule has 1 amide bonds. The van der Waals surface area contributed by atoms with Crippen LogP contribution in [0.5, 0.6) is 0 Å². The van der Waals surface area contributed by atoms with Crippen molar-refractivity contribution in [3.05, 3.63) is 147 Å². The molecule has 7 aromatic rings. The number of hydrogen-bond donors (Lipinski definition) is 5. The summed E-state index contributed by atoms with van der Waals surface area (Å²) in [5, 5.41) is 28.5. The van der Waals surface area contributed by atoms with Crippen LogP contribution in [0.3, 0.4) is 0 Å². The van der Waals surface area contributed by atoms with Crippen molar-refractivity contribution >= 4 is 64.3 Å². The topological polar surface area (TPSA) is 344 Å². The van der Waals surface area contributed by atoms with Crippen LogP contribution < -0.4 is 26.8 Å². The number of amides is 1. The fourth-order valence-corrected chi connectivity index (χ4v) is 14.1. The predicted octanol–water partition coefficient (Wildman–Crippen LogP) is 9.00. The largest absolute Gasteiger partial charge is 0.697 e. The minimum atomic E-state index is -4.82. The first-order valence-electron chi connectivity index (χ1n) is 29.7. The van der Waals surface area contributed by atoms with Crippen molar-refractivity contribution < 1.29 is 50.7 Å². The first-order valence-corrected chi connectivity index (χ1v) is 35.3. The van der Waals surface area contributed by atoms with Gasteiger partial charge in [-0.15, -0.1) is 9.05 Å². The van der Waals surface area contributed by atoms with E-state index in [4.69, 9.17) is 37.0 Å². The maximum Gasteiger partial charge on any atom is 0.697 e. The van der Waals surface area contributed by atoms with Crippen molar-refractivity contribution in [2.45, 2.75) is 141 Å². The lowest BCUT2D eigenvalue weighted by Crippen LogP contribution is -2.55. The third kappa shape index (κ3) is 14.7. The SMILES string of the molecule is CC(C)C(=O)Cc1nc2c(ncn2[C@@H]2O[C@H](COP(=O)(N[C@H]3[C@@H](O[Si](C)(C)C(C)(C)C)[C@H](n4cnc5c(=O)[nH]c(NC(=O)C(C)C)nc54)O[C@@H]3CO[P+](=O)OCCC#N)OCCC#N)[C@@H](NC(c3ccccc3)(c3ccccc3)c3ccccc3)[C@H]2C)c(=O)[nH]1. The van der Waals surface area contributed by atoms with Crippen molar-refractivity contribution in [2.24, 2.45) is 17.8 Å². The maximum atomic E-state index is 16.3. The van der Waals surface area contributed by atoms with Gasteiger partial charge in [-0.2, -0.15) is 15.5 Å². The molecule has 10 atom stereocenters. The molecule has 0 saturated carbocycles. The summed E-state index contributed by atoms with van der Waals surface area (Å²) in [4.78, 5) is 77.0. The quantitative estimate of drug-likeness (QED) is 0.0132. The number of nitrogens with zero attached hydrogens (tertiary/aromatic N) is 8. The molecule has 2 fully saturated rings. The Labute approximate surface area is 522 Å². The summed E-state index contributed by atoms with van der Waals surface area (Å²) in [5.41, 5.74) is 0.276. The van der Waals surface area contributed by atoms with Crippen molar-refractivity contribution in [1.29, 1.82) is 10.5 Å². The Morgan fingerprint density at radius 2 is 1.28 bits per heavy atom. The molecule has 2 aliphatic heterocycles. The number of hydrogen-bond acceptors (Lipinski definition) is 20. The second kappa shape index (κ2) is 28.5. The van der Waals surface area contributed by atoms with E-state index in [9.17, 15) is 34.3 Å². The number of carbonyl (C=O) groups excluding carboxylic acids is 2. The molecule has 5 N–H and O–H groups in total. The Bertz CT molecular complexity index is 3850. The lowest BCUT2D eigenvalue weighted by molar-refractivity contribution is -0.121. The lowest BCUT2D eigenvalue weighted by Gasteiger charge is -2.41. The molecule has 2 unspecified atom stereocenters. The third-order valence-electron chi connectivity index (χ3n) is 16.5. The van der Waals surface area contributed by atoms with Gasteiger partial charge in [-0.1, -0.05) is 146 Å². The van der Waals surface area contributed by atoms with Gasteiger partial charge in [0.2, 0.25) is 11.9 Å². The molecule has 2 aliphatic rings. The second-order valence-corrected chi connectivity index (χ2v) is 31.8. The van der Waals surface area contributed by atoms with Gasteiger partial charge in [-0.25, -0.2) is 24.6 Å². The number of benzene rings is 3. The molecule has 2 saturated heterocycles. The highest BCUT2D eigenvalue weighted by molar-refractivity contribution is 7.51. The highest BCUT2D eigenvalue weighted by Crippen LogP contribution is 2.51. The first-order chi connectivity index (χ1) is 42.9. The number of Topliss-reactive ketones (excluding diaryl/α,β-unsaturated/α-hetero) is 1. The van der Waals surface area contributed by atoms with Gasteiger partial charge in [0.05, 0.1) is 75.0 Å². The van der Waals surface area contributed by atoms with E-state index in [1.54, 1.807) is 32.3 Å². The van der Waals surface area contributed by atoms with Gasteiger partial charge in [-0.3, -0.25) is 53.0 Å². The van der Waals surface area contributed by atoms with Crippen molar-refractivity contribution in [1.82, 2.24) is 49.4 Å². The minimum Gasteiger partial charge on any atom is -0.408 e. The van der Waals surface area contributed by atoms with Gasteiger partial charge in [0, 0.05) is 28.4 Å². The molecule has 0 aliphatic carbocycles. The Balaban J connectivity index is 1.17. The molecule has 0 spiro atoms. The highest BCUT2D eigenvalue weighted by Gasteiger charge is 2.55. The molecule has 4 aromatic heterocycles. The van der Waals surface area contributed by atoms with E-state index >= 15 is 4.57 Å². The standard InChI is InChI=1S/C61H75N13O13P2Si/c1-37(2)43(75)32-46-66-52-49(55(77)67-46)64-35-73(52)57-39(5)47(71-61(40-22-14-11-15-23-40,41-24-16-12-17-25-41)42-26-18-13-19-27-42)45(85-57)34-84-89(80,83-31-21-29-63)72-48-44(33-82-88(79)81-30-20-28-62)86-58(51(48)87-90(9,10)60(6,7)8)74-36-65-50-53(74)68-59(70-56(50)78)69-54(76)38(3)4/h11-19,22-27,35-39,44-45,47-48,51,57-58,71H,20-21,30-34H2,1-10H3,(H3-,66,67,68,69,70,72,76,77,78,80)/p+1/t39-,44-,45-,47+,48-,51-,57-,58-,89?/m1/s1. The molecule has 26 nitrogen and oxygen atoms in total. The van der Waals surface area contributed by atoms with Gasteiger partial charge in [-0.05, 0) is 34.8 Å². The van der Waals surface area contributed by atoms with Gasteiger partial charge < -0.3 is 18.9 Å². The van der Waals surface area contributed by atoms with Crippen LogP contribution in [0.15, 0.2) is 113 Å². The molecule has 9 rings (SSSR count). The Morgan fingerprint density at radius 3 is 1.83 bits per heavy atom. The zero-order valence-electron chi connectivity index (χ0n) is 51.8. The van der Waals surface area contributed by atoms with E-state index in [1.165, 1.54) is 17.2 Å². The van der Waals surface area contributed by atoms with Crippen LogP contribution in [-0.4, -0.2) is 116 Å². The number of nitriles is 2. The monoisotopic (exact) mass is 1290 g/mol. The normalized spacial score (nSPS) is 21.4. The van der Waals surface area contributed by atoms with Crippen LogP contribution in [-0.2, 0) is 62.7 Å². The van der Waals surface area contributed by atoms with E-state index in [1.807, 2.05) is 144 Å². The predicted molar refractivity (Wildman–Crippen MR) is 335 cm³/mol. The average Bonchev–Trinajstić information content (AvgIpc) is 1.39. The number of ketones is 1. The molecule has 476 valence electrons. The van der Waals surface area contributed by atoms with Crippen LogP contribution in [0.4, 0.5) is 5.95 Å². The van der Waals surface area contributed by atoms with Crippen molar-refractivity contribution in [2.75, 3.05) is 31.7 Å². The molecule has 0 radical (unpaired) electrons. The van der Waals surface area contributed by atoms with Gasteiger partial charge >= 0.3 is 16.0 Å². The summed E-state index contributed by atoms with van der Waals surface area (Å²) in [6.45, 7) is 17.3. The lowest BCUT2D eigenvalue weighted by atomic mass is 9.75. The number of imidazole rings is 2. The number of aromatic nitrogens is 8. The fraction of sp³-hybridized carbons (Fsp3) is 0.475. The smallest absolute Gasteiger partial charge is 0.408 e. The number of carbonyl (C=O) groups is 2. The summed E-state index contributed by atoms with van der Waals surface area (Å²) in [7, 11) is -10.7. The Hall–Kier alpha value is -7.33. The van der Waals surface area contributed by atoms with Gasteiger partial charge in [0.25, 0.3) is 11.1 Å². The number of aromatic amines is 2. The summed E-state index contributed by atoms with van der Waals surface area (Å²) in [5.74, 6) is -1.95. The van der Waals surface area contributed by atoms with Crippen LogP contribution in [0.25, 0.3) is 22.3 Å². The maximum absolute atomic E-state index is 16.3. The van der Waals surface area contributed by atoms with Crippen LogP contribution >= 0.6 is 16.0 Å². The van der Waals surface area contributed by atoms with Crippen LogP contribution in [0.1, 0.15) is 103 Å². The summed E-state index contributed by atoms with van der Waals surface area (Å²) in [6, 6.07) is 31.6. The average molecular weight is 1290 g/mol. The molecule has 0 bridgehead atoms. The van der Waals surface area contributed by atoms with Gasteiger partial charge in [0.1, 0.15) is 43.3 Å².